The molecule has 0 spiro atoms. The Morgan fingerprint density at radius 1 is 0.875 bits per heavy atom. The zero-order valence-electron chi connectivity index (χ0n) is 14.5. The summed E-state index contributed by atoms with van der Waals surface area (Å²) in [6.07, 6.45) is 3.06. The summed E-state index contributed by atoms with van der Waals surface area (Å²) >= 11 is 0. The van der Waals surface area contributed by atoms with E-state index in [1.165, 1.54) is 27.7 Å². The molecule has 4 rings (SSSR count). The van der Waals surface area contributed by atoms with E-state index in [1.807, 2.05) is 6.20 Å². The molecule has 2 heteroatoms. The molecule has 0 amide bonds. The lowest BCUT2D eigenvalue weighted by atomic mass is 9.89. The Morgan fingerprint density at radius 3 is 2.33 bits per heavy atom. The Kier molecular flexibility index (Phi) is 3.42. The molecular formula is C22H22N2. The van der Waals surface area contributed by atoms with Crippen LogP contribution in [0.15, 0.2) is 66.9 Å². The zero-order valence-corrected chi connectivity index (χ0v) is 14.5. The topological polar surface area (TPSA) is 17.8 Å². The van der Waals surface area contributed by atoms with Gasteiger partial charge < -0.3 is 4.57 Å². The van der Waals surface area contributed by atoms with Gasteiger partial charge in [-0.05, 0) is 41.7 Å². The smallest absolute Gasteiger partial charge is 0.0963 e. The number of hydrogen-bond donors (Lipinski definition) is 0. The molecule has 2 aromatic heterocycles. The van der Waals surface area contributed by atoms with Crippen LogP contribution in [-0.2, 0) is 6.42 Å². The van der Waals surface area contributed by atoms with Crippen molar-refractivity contribution in [2.45, 2.75) is 27.2 Å². The number of fused-ring (bicyclic) bond motifs is 3. The van der Waals surface area contributed by atoms with E-state index in [4.69, 9.17) is 4.98 Å². The van der Waals surface area contributed by atoms with Gasteiger partial charge in [-0.25, -0.2) is 0 Å². The highest BCUT2D eigenvalue weighted by atomic mass is 15.0. The molecule has 120 valence electrons. The van der Waals surface area contributed by atoms with Crippen molar-refractivity contribution in [3.63, 3.8) is 0 Å². The Bertz CT molecular complexity index is 1000. The standard InChI is InChI=1S/C22H22N2/c1-22(2,3)14-16-13-20-21(23-15-16)18-11-7-8-12-19(18)24(20)17-9-5-4-6-10-17/h4-13,15H,14H2,1-3H3. The third-order valence-electron chi connectivity index (χ3n) is 4.31. The summed E-state index contributed by atoms with van der Waals surface area (Å²) in [4.78, 5) is 4.82. The van der Waals surface area contributed by atoms with Gasteiger partial charge in [0.05, 0.1) is 16.6 Å². The van der Waals surface area contributed by atoms with Gasteiger partial charge in [0.25, 0.3) is 0 Å². The van der Waals surface area contributed by atoms with Crippen LogP contribution in [0.4, 0.5) is 0 Å². The van der Waals surface area contributed by atoms with E-state index in [9.17, 15) is 0 Å². The first-order chi connectivity index (χ1) is 11.5. The Morgan fingerprint density at radius 2 is 1.58 bits per heavy atom. The molecule has 0 fully saturated rings. The number of hydrogen-bond acceptors (Lipinski definition) is 1. The van der Waals surface area contributed by atoms with Crippen LogP contribution >= 0.6 is 0 Å². The zero-order chi connectivity index (χ0) is 16.7. The second kappa shape index (κ2) is 5.48. The molecule has 2 nitrogen and oxygen atoms in total. The van der Waals surface area contributed by atoms with Crippen molar-refractivity contribution in [2.75, 3.05) is 0 Å². The third-order valence-corrected chi connectivity index (χ3v) is 4.31. The fourth-order valence-corrected chi connectivity index (χ4v) is 3.44. The van der Waals surface area contributed by atoms with Crippen LogP contribution in [-0.4, -0.2) is 9.55 Å². The maximum absolute atomic E-state index is 4.82. The van der Waals surface area contributed by atoms with Crippen LogP contribution in [0.3, 0.4) is 0 Å². The van der Waals surface area contributed by atoms with E-state index >= 15 is 0 Å². The third kappa shape index (κ3) is 2.58. The summed E-state index contributed by atoms with van der Waals surface area (Å²) in [7, 11) is 0. The van der Waals surface area contributed by atoms with Gasteiger partial charge in [0.15, 0.2) is 0 Å². The summed E-state index contributed by atoms with van der Waals surface area (Å²) in [5.41, 5.74) is 6.18. The molecule has 0 aliphatic heterocycles. The molecule has 0 saturated heterocycles. The SMILES string of the molecule is CC(C)(C)Cc1cnc2c3ccccc3n(-c3ccccc3)c2c1. The van der Waals surface area contributed by atoms with Crippen molar-refractivity contribution in [1.82, 2.24) is 9.55 Å². The summed E-state index contributed by atoms with van der Waals surface area (Å²) in [5.74, 6) is 0. The maximum atomic E-state index is 4.82. The highest BCUT2D eigenvalue weighted by Gasteiger charge is 2.16. The minimum absolute atomic E-state index is 0.249. The largest absolute Gasteiger partial charge is 0.308 e. The first-order valence-corrected chi connectivity index (χ1v) is 8.46. The molecule has 0 saturated carbocycles. The fraction of sp³-hybridized carbons (Fsp3) is 0.227. The van der Waals surface area contributed by atoms with Gasteiger partial charge in [0, 0.05) is 17.3 Å². The normalized spacial score (nSPS) is 12.1. The van der Waals surface area contributed by atoms with Crippen LogP contribution in [0.1, 0.15) is 26.3 Å². The van der Waals surface area contributed by atoms with Crippen LogP contribution in [0, 0.1) is 5.41 Å². The number of rotatable bonds is 2. The maximum Gasteiger partial charge on any atom is 0.0963 e. The van der Waals surface area contributed by atoms with Crippen molar-refractivity contribution in [3.05, 3.63) is 72.4 Å². The molecule has 0 unspecified atom stereocenters. The number of nitrogens with zero attached hydrogens (tertiary/aromatic N) is 2. The Hall–Kier alpha value is -2.61. The first kappa shape index (κ1) is 14.9. The lowest BCUT2D eigenvalue weighted by molar-refractivity contribution is 0.411. The monoisotopic (exact) mass is 314 g/mol. The van der Waals surface area contributed by atoms with Gasteiger partial charge >= 0.3 is 0 Å². The second-order valence-electron chi connectivity index (χ2n) is 7.64. The predicted molar refractivity (Wildman–Crippen MR) is 102 cm³/mol. The molecule has 2 aromatic carbocycles. The summed E-state index contributed by atoms with van der Waals surface area (Å²) in [5, 5.41) is 1.21. The molecule has 0 aliphatic carbocycles. The molecule has 2 heterocycles. The number of para-hydroxylation sites is 2. The average molecular weight is 314 g/mol. The fourth-order valence-electron chi connectivity index (χ4n) is 3.44. The number of pyridine rings is 1. The molecule has 0 aliphatic rings. The van der Waals surface area contributed by atoms with Crippen molar-refractivity contribution in [2.24, 2.45) is 5.41 Å². The van der Waals surface area contributed by atoms with Gasteiger partial charge in [-0.2, -0.15) is 0 Å². The minimum atomic E-state index is 0.249. The summed E-state index contributed by atoms with van der Waals surface area (Å²) < 4.78 is 2.32. The van der Waals surface area contributed by atoms with Gasteiger partial charge in [-0.15, -0.1) is 0 Å². The average Bonchev–Trinajstić information content (AvgIpc) is 2.88. The summed E-state index contributed by atoms with van der Waals surface area (Å²) in [6, 6.07) is 21.4. The molecule has 4 aromatic rings. The van der Waals surface area contributed by atoms with Crippen molar-refractivity contribution >= 4 is 21.9 Å². The van der Waals surface area contributed by atoms with E-state index in [-0.39, 0.29) is 5.41 Å². The predicted octanol–water partition coefficient (Wildman–Crippen LogP) is 5.77. The van der Waals surface area contributed by atoms with Crippen molar-refractivity contribution < 1.29 is 0 Å². The van der Waals surface area contributed by atoms with E-state index < -0.39 is 0 Å². The second-order valence-corrected chi connectivity index (χ2v) is 7.64. The molecular weight excluding hydrogens is 292 g/mol. The van der Waals surface area contributed by atoms with E-state index in [0.29, 0.717) is 0 Å². The molecule has 0 atom stereocenters. The molecule has 24 heavy (non-hydrogen) atoms. The molecule has 0 radical (unpaired) electrons. The van der Waals surface area contributed by atoms with Crippen LogP contribution < -0.4 is 0 Å². The van der Waals surface area contributed by atoms with Gasteiger partial charge in [0.1, 0.15) is 0 Å². The van der Waals surface area contributed by atoms with Crippen LogP contribution in [0.2, 0.25) is 0 Å². The van der Waals surface area contributed by atoms with Gasteiger partial charge in [0.2, 0.25) is 0 Å². The van der Waals surface area contributed by atoms with Crippen molar-refractivity contribution in [3.8, 4) is 5.69 Å². The van der Waals surface area contributed by atoms with E-state index in [1.54, 1.807) is 0 Å². The Labute approximate surface area is 142 Å². The number of aromatic nitrogens is 2. The molecule has 0 N–H and O–H groups in total. The lowest BCUT2D eigenvalue weighted by Crippen LogP contribution is -2.09. The minimum Gasteiger partial charge on any atom is -0.308 e. The number of benzene rings is 2. The highest BCUT2D eigenvalue weighted by molar-refractivity contribution is 6.07. The van der Waals surface area contributed by atoms with Crippen LogP contribution in [0.25, 0.3) is 27.6 Å². The van der Waals surface area contributed by atoms with Crippen LogP contribution in [0.5, 0.6) is 0 Å². The quantitative estimate of drug-likeness (QED) is 0.459. The highest BCUT2D eigenvalue weighted by Crippen LogP contribution is 2.32. The van der Waals surface area contributed by atoms with E-state index in [0.717, 1.165) is 11.9 Å². The Balaban J connectivity index is 2.04. The lowest BCUT2D eigenvalue weighted by Gasteiger charge is -2.18. The van der Waals surface area contributed by atoms with Gasteiger partial charge in [-0.1, -0.05) is 57.2 Å². The van der Waals surface area contributed by atoms with Crippen molar-refractivity contribution in [1.29, 1.82) is 0 Å². The van der Waals surface area contributed by atoms with Gasteiger partial charge in [-0.3, -0.25) is 4.98 Å². The summed E-state index contributed by atoms with van der Waals surface area (Å²) in [6.45, 7) is 6.80. The first-order valence-electron chi connectivity index (χ1n) is 8.46. The molecule has 0 bridgehead atoms. The van der Waals surface area contributed by atoms with E-state index in [2.05, 4.69) is 86.0 Å².